The first-order valence-corrected chi connectivity index (χ1v) is 15.5. The highest BCUT2D eigenvalue weighted by Gasteiger charge is 2.24. The van der Waals surface area contributed by atoms with Crippen LogP contribution in [-0.2, 0) is 0 Å². The number of rotatable bonds is 10. The van der Waals surface area contributed by atoms with E-state index in [-0.39, 0.29) is 46.6 Å². The van der Waals surface area contributed by atoms with Gasteiger partial charge in [-0.05, 0) is 91.1 Å². The lowest BCUT2D eigenvalue weighted by Crippen LogP contribution is -2.41. The fourth-order valence-corrected chi connectivity index (χ4v) is 5.54. The van der Waals surface area contributed by atoms with Crippen molar-refractivity contribution < 1.29 is 33.9 Å². The molecular weight excluding hydrogens is 630 g/mol. The molecule has 5 aromatic rings. The Balaban J connectivity index is 0.982. The lowest BCUT2D eigenvalue weighted by atomic mass is 9.93. The van der Waals surface area contributed by atoms with Crippen LogP contribution in [0.15, 0.2) is 103 Å². The number of nitrogens with one attached hydrogen (secondary N) is 3. The first kappa shape index (κ1) is 32.4. The molecule has 13 nitrogen and oxygen atoms in total. The van der Waals surface area contributed by atoms with Gasteiger partial charge in [0.25, 0.3) is 11.6 Å². The van der Waals surface area contributed by atoms with Gasteiger partial charge in [0.15, 0.2) is 0 Å². The molecule has 0 atom stereocenters. The summed E-state index contributed by atoms with van der Waals surface area (Å²) in [6.07, 6.45) is 4.43. The van der Waals surface area contributed by atoms with E-state index < -0.39 is 16.8 Å². The summed E-state index contributed by atoms with van der Waals surface area (Å²) in [7, 11) is 0. The lowest BCUT2D eigenvalue weighted by Gasteiger charge is -2.29. The number of carboxylic acids is 1. The second-order valence-electron chi connectivity index (χ2n) is 11.5. The minimum Gasteiger partial charge on any atom is -0.490 e. The second-order valence-corrected chi connectivity index (χ2v) is 11.5. The van der Waals surface area contributed by atoms with Gasteiger partial charge in [0, 0.05) is 36.1 Å². The molecule has 13 heteroatoms. The zero-order valence-corrected chi connectivity index (χ0v) is 26.0. The first-order valence-electron chi connectivity index (χ1n) is 15.5. The molecule has 49 heavy (non-hydrogen) atoms. The molecule has 4 aromatic carbocycles. The SMILES string of the molecule is O=C(Nc1ccc([N+](=O)[O-])cc1)NC1CCC(Oc2ccc3cc(Oc4ccc(C(=O)Nc5ccccc5C(=O)O)cn4)ccc3c2)CC1. The number of anilines is 2. The van der Waals surface area contributed by atoms with Crippen molar-refractivity contribution in [2.45, 2.75) is 37.8 Å². The number of para-hydroxylation sites is 1. The number of nitrogens with zero attached hydrogens (tertiary/aromatic N) is 2. The summed E-state index contributed by atoms with van der Waals surface area (Å²) in [5.41, 5.74) is 0.860. The number of urea groups is 1. The number of amides is 3. The molecule has 1 saturated carbocycles. The van der Waals surface area contributed by atoms with Crippen molar-refractivity contribution in [2.24, 2.45) is 0 Å². The van der Waals surface area contributed by atoms with Gasteiger partial charge in [-0.25, -0.2) is 14.6 Å². The monoisotopic (exact) mass is 661 g/mol. The highest BCUT2D eigenvalue weighted by Crippen LogP contribution is 2.30. The zero-order chi connectivity index (χ0) is 34.3. The molecule has 1 fully saturated rings. The van der Waals surface area contributed by atoms with Crippen molar-refractivity contribution in [3.63, 3.8) is 0 Å². The number of carbonyl (C=O) groups is 3. The van der Waals surface area contributed by atoms with E-state index in [1.54, 1.807) is 24.3 Å². The maximum absolute atomic E-state index is 12.7. The number of carbonyl (C=O) groups excluding carboxylic acids is 2. The summed E-state index contributed by atoms with van der Waals surface area (Å²) < 4.78 is 12.2. The standard InChI is InChI=1S/C36H31N5O8/c42-34(40-32-4-2-1-3-31(32)35(43)44)24-7-18-33(37-21-24)49-30-15-6-22-19-29(14-5-23(22)20-30)48-28-16-10-26(11-17-28)39-36(45)38-25-8-12-27(13-9-25)41(46)47/h1-9,12-15,18-21,26,28H,10-11,16-17H2,(H,40,42)(H,43,44)(H2,38,39,45). The number of fused-ring (bicyclic) bond motifs is 1. The van der Waals surface area contributed by atoms with Crippen LogP contribution in [0.4, 0.5) is 21.9 Å². The van der Waals surface area contributed by atoms with E-state index in [1.165, 1.54) is 42.6 Å². The van der Waals surface area contributed by atoms with Crippen molar-refractivity contribution >= 4 is 45.7 Å². The molecule has 248 valence electrons. The number of nitro groups is 1. The van der Waals surface area contributed by atoms with Crippen molar-refractivity contribution in [1.82, 2.24) is 10.3 Å². The van der Waals surface area contributed by atoms with Crippen LogP contribution >= 0.6 is 0 Å². The van der Waals surface area contributed by atoms with Crippen LogP contribution in [0.5, 0.6) is 17.4 Å². The Morgan fingerprint density at radius 2 is 1.51 bits per heavy atom. The molecule has 1 aliphatic carbocycles. The Hall–Kier alpha value is -6.50. The normalized spacial score (nSPS) is 15.5. The summed E-state index contributed by atoms with van der Waals surface area (Å²) in [4.78, 5) is 51.1. The van der Waals surface area contributed by atoms with Crippen molar-refractivity contribution in [3.8, 4) is 17.4 Å². The number of aromatic nitrogens is 1. The van der Waals surface area contributed by atoms with Gasteiger partial charge in [-0.1, -0.05) is 24.3 Å². The number of aromatic carboxylic acids is 1. The number of hydrogen-bond acceptors (Lipinski definition) is 8. The van der Waals surface area contributed by atoms with Crippen LogP contribution in [0.3, 0.4) is 0 Å². The molecule has 6 rings (SSSR count). The van der Waals surface area contributed by atoms with E-state index in [1.807, 2.05) is 36.4 Å². The molecule has 0 radical (unpaired) electrons. The maximum atomic E-state index is 12.7. The summed E-state index contributed by atoms with van der Waals surface area (Å²) in [6.45, 7) is 0. The van der Waals surface area contributed by atoms with Crippen molar-refractivity contribution in [3.05, 3.63) is 124 Å². The minimum absolute atomic E-state index is 0.00270. The minimum atomic E-state index is -1.14. The molecule has 0 spiro atoms. The van der Waals surface area contributed by atoms with Crippen LogP contribution in [0.2, 0.25) is 0 Å². The zero-order valence-electron chi connectivity index (χ0n) is 26.0. The summed E-state index contributed by atoms with van der Waals surface area (Å²) in [5, 5.41) is 30.3. The van der Waals surface area contributed by atoms with Gasteiger partial charge in [0.1, 0.15) is 11.5 Å². The molecule has 0 unspecified atom stereocenters. The molecule has 1 aliphatic rings. The van der Waals surface area contributed by atoms with E-state index in [2.05, 4.69) is 20.9 Å². The quantitative estimate of drug-likeness (QED) is 0.0875. The number of nitro benzene ring substituents is 1. The fraction of sp³-hybridized carbons (Fsp3) is 0.167. The first-order chi connectivity index (χ1) is 23.7. The third-order valence-corrected chi connectivity index (χ3v) is 8.06. The average molecular weight is 662 g/mol. The molecule has 0 bridgehead atoms. The highest BCUT2D eigenvalue weighted by molar-refractivity contribution is 6.07. The average Bonchev–Trinajstić information content (AvgIpc) is 3.10. The van der Waals surface area contributed by atoms with Gasteiger partial charge < -0.3 is 30.5 Å². The third-order valence-electron chi connectivity index (χ3n) is 8.06. The molecular formula is C36H31N5O8. The van der Waals surface area contributed by atoms with Gasteiger partial charge in [-0.2, -0.15) is 0 Å². The summed E-state index contributed by atoms with van der Waals surface area (Å²) in [6, 6.07) is 26.0. The Morgan fingerprint density at radius 1 is 0.816 bits per heavy atom. The van der Waals surface area contributed by atoms with E-state index >= 15 is 0 Å². The third kappa shape index (κ3) is 8.27. The number of hydrogen-bond donors (Lipinski definition) is 4. The van der Waals surface area contributed by atoms with Gasteiger partial charge >= 0.3 is 12.0 Å². The van der Waals surface area contributed by atoms with Crippen molar-refractivity contribution in [2.75, 3.05) is 10.6 Å². The highest BCUT2D eigenvalue weighted by atomic mass is 16.6. The molecule has 4 N–H and O–H groups in total. The summed E-state index contributed by atoms with van der Waals surface area (Å²) >= 11 is 0. The number of benzene rings is 4. The Morgan fingerprint density at radius 3 is 2.18 bits per heavy atom. The molecule has 1 heterocycles. The van der Waals surface area contributed by atoms with Crippen LogP contribution in [0.25, 0.3) is 10.8 Å². The van der Waals surface area contributed by atoms with E-state index in [0.29, 0.717) is 11.4 Å². The van der Waals surface area contributed by atoms with Crippen LogP contribution in [0.1, 0.15) is 46.4 Å². The smallest absolute Gasteiger partial charge is 0.337 e. The second kappa shape index (κ2) is 14.5. The largest absolute Gasteiger partial charge is 0.490 e. The Labute approximate surface area is 280 Å². The number of non-ortho nitro benzene ring substituents is 1. The lowest BCUT2D eigenvalue weighted by molar-refractivity contribution is -0.384. The molecule has 0 saturated heterocycles. The van der Waals surface area contributed by atoms with E-state index in [4.69, 9.17) is 9.47 Å². The van der Waals surface area contributed by atoms with Crippen LogP contribution in [-0.4, -0.2) is 45.1 Å². The van der Waals surface area contributed by atoms with Gasteiger partial charge in [0.2, 0.25) is 5.88 Å². The molecule has 1 aromatic heterocycles. The maximum Gasteiger partial charge on any atom is 0.337 e. The van der Waals surface area contributed by atoms with Gasteiger partial charge in [-0.15, -0.1) is 0 Å². The predicted octanol–water partition coefficient (Wildman–Crippen LogP) is 7.40. The van der Waals surface area contributed by atoms with Crippen molar-refractivity contribution in [1.29, 1.82) is 0 Å². The van der Waals surface area contributed by atoms with Gasteiger partial charge in [-0.3, -0.25) is 14.9 Å². The fourth-order valence-electron chi connectivity index (χ4n) is 5.54. The Kier molecular flexibility index (Phi) is 9.60. The van der Waals surface area contributed by atoms with E-state index in [9.17, 15) is 29.6 Å². The number of pyridine rings is 1. The number of ether oxygens (including phenoxy) is 2. The van der Waals surface area contributed by atoms with E-state index in [0.717, 1.165) is 42.2 Å². The molecule has 0 aliphatic heterocycles. The van der Waals surface area contributed by atoms with Crippen LogP contribution < -0.4 is 25.4 Å². The predicted molar refractivity (Wildman–Crippen MR) is 182 cm³/mol. The topological polar surface area (TPSA) is 182 Å². The van der Waals surface area contributed by atoms with Gasteiger partial charge in [0.05, 0.1) is 27.8 Å². The number of carboxylic acid groups (broad SMARTS) is 1. The summed E-state index contributed by atoms with van der Waals surface area (Å²) in [5.74, 6) is -0.0429. The molecule has 3 amide bonds. The Bertz CT molecular complexity index is 2010. The van der Waals surface area contributed by atoms with Crippen LogP contribution in [0, 0.1) is 10.1 Å².